The zero-order valence-electron chi connectivity index (χ0n) is 11.6. The third kappa shape index (κ3) is 3.33. The van der Waals surface area contributed by atoms with Crippen LogP contribution < -0.4 is 10.2 Å². The summed E-state index contributed by atoms with van der Waals surface area (Å²) < 4.78 is 5.70. The van der Waals surface area contributed by atoms with Crippen LogP contribution in [-0.4, -0.2) is 27.8 Å². The Kier molecular flexibility index (Phi) is 3.92. The van der Waals surface area contributed by atoms with Gasteiger partial charge >= 0.3 is 6.01 Å². The minimum atomic E-state index is 0.561. The summed E-state index contributed by atoms with van der Waals surface area (Å²) in [7, 11) is 0. The molecule has 0 saturated heterocycles. The Labute approximate surface area is 118 Å². The van der Waals surface area contributed by atoms with E-state index in [9.17, 15) is 0 Å². The van der Waals surface area contributed by atoms with E-state index in [-0.39, 0.29) is 0 Å². The Morgan fingerprint density at radius 2 is 2.25 bits per heavy atom. The minimum Gasteiger partial charge on any atom is -0.407 e. The molecule has 0 spiro atoms. The number of pyridine rings is 1. The second-order valence-electron chi connectivity index (χ2n) is 4.97. The highest BCUT2D eigenvalue weighted by Gasteiger charge is 2.21. The fourth-order valence-electron chi connectivity index (χ4n) is 1.96. The Morgan fingerprint density at radius 1 is 1.35 bits per heavy atom. The molecule has 3 rings (SSSR count). The highest BCUT2D eigenvalue weighted by molar-refractivity contribution is 5.25. The fraction of sp³-hybridized carbons (Fsp3) is 0.500. The van der Waals surface area contributed by atoms with Gasteiger partial charge in [-0.3, -0.25) is 4.98 Å². The van der Waals surface area contributed by atoms with Crippen LogP contribution in [0.4, 0.5) is 6.01 Å². The Hall–Kier alpha value is -1.95. The van der Waals surface area contributed by atoms with Gasteiger partial charge in [0.1, 0.15) is 0 Å². The maximum atomic E-state index is 5.70. The molecular formula is C14H19N5O. The van der Waals surface area contributed by atoms with Crippen LogP contribution in [0.2, 0.25) is 0 Å². The predicted molar refractivity (Wildman–Crippen MR) is 75.1 cm³/mol. The van der Waals surface area contributed by atoms with E-state index in [4.69, 9.17) is 4.42 Å². The monoisotopic (exact) mass is 273 g/mol. The van der Waals surface area contributed by atoms with Gasteiger partial charge in [0.05, 0.1) is 18.8 Å². The first kappa shape index (κ1) is 13.1. The van der Waals surface area contributed by atoms with Crippen molar-refractivity contribution in [2.45, 2.75) is 38.9 Å². The summed E-state index contributed by atoms with van der Waals surface area (Å²) in [5, 5.41) is 11.6. The summed E-state index contributed by atoms with van der Waals surface area (Å²) in [6, 6.07) is 7.09. The van der Waals surface area contributed by atoms with Crippen LogP contribution in [0.5, 0.6) is 0 Å². The molecule has 2 aromatic rings. The molecule has 1 aliphatic carbocycles. The van der Waals surface area contributed by atoms with E-state index >= 15 is 0 Å². The molecule has 0 radical (unpaired) electrons. The third-order valence-electron chi connectivity index (χ3n) is 3.31. The molecule has 106 valence electrons. The van der Waals surface area contributed by atoms with Crippen LogP contribution in [0, 0.1) is 0 Å². The quantitative estimate of drug-likeness (QED) is 0.829. The van der Waals surface area contributed by atoms with Crippen molar-refractivity contribution in [3.63, 3.8) is 0 Å². The molecule has 20 heavy (non-hydrogen) atoms. The average Bonchev–Trinajstić information content (AvgIpc) is 3.21. The molecule has 1 aliphatic rings. The van der Waals surface area contributed by atoms with E-state index in [1.54, 1.807) is 6.20 Å². The van der Waals surface area contributed by atoms with Gasteiger partial charge in [-0.25, -0.2) is 0 Å². The number of rotatable bonds is 7. The summed E-state index contributed by atoms with van der Waals surface area (Å²) in [5.41, 5.74) is 0.991. The van der Waals surface area contributed by atoms with Crippen LogP contribution in [-0.2, 0) is 13.1 Å². The van der Waals surface area contributed by atoms with Crippen molar-refractivity contribution in [3.8, 4) is 0 Å². The van der Waals surface area contributed by atoms with Crippen LogP contribution in [0.25, 0.3) is 0 Å². The number of aromatic nitrogens is 3. The normalized spacial score (nSPS) is 14.4. The molecule has 0 bridgehead atoms. The molecule has 6 nitrogen and oxygen atoms in total. The fourth-order valence-corrected chi connectivity index (χ4v) is 1.96. The van der Waals surface area contributed by atoms with E-state index in [1.807, 2.05) is 23.1 Å². The van der Waals surface area contributed by atoms with E-state index in [2.05, 4.69) is 27.4 Å². The SMILES string of the molecule is CCN(Cc1ccccn1)c1nnc(CNC2CC2)o1. The van der Waals surface area contributed by atoms with E-state index < -0.39 is 0 Å². The maximum absolute atomic E-state index is 5.70. The lowest BCUT2D eigenvalue weighted by Gasteiger charge is -2.16. The van der Waals surface area contributed by atoms with Crippen molar-refractivity contribution < 1.29 is 4.42 Å². The molecular weight excluding hydrogens is 254 g/mol. The predicted octanol–water partition coefficient (Wildman–Crippen LogP) is 1.74. The van der Waals surface area contributed by atoms with Gasteiger partial charge in [-0.1, -0.05) is 11.2 Å². The van der Waals surface area contributed by atoms with Crippen LogP contribution in [0.1, 0.15) is 31.4 Å². The number of hydrogen-bond acceptors (Lipinski definition) is 6. The molecule has 1 saturated carbocycles. The smallest absolute Gasteiger partial charge is 0.318 e. The van der Waals surface area contributed by atoms with E-state index in [0.717, 1.165) is 12.2 Å². The molecule has 2 aromatic heterocycles. The molecule has 0 aromatic carbocycles. The molecule has 0 unspecified atom stereocenters. The zero-order chi connectivity index (χ0) is 13.8. The first-order valence-electron chi connectivity index (χ1n) is 7.05. The second kappa shape index (κ2) is 6.00. The average molecular weight is 273 g/mol. The van der Waals surface area contributed by atoms with Gasteiger partial charge in [-0.15, -0.1) is 5.10 Å². The Balaban J connectivity index is 1.62. The van der Waals surface area contributed by atoms with Crippen molar-refractivity contribution >= 4 is 6.01 Å². The van der Waals surface area contributed by atoms with E-state index in [0.29, 0.717) is 31.0 Å². The molecule has 0 atom stereocenters. The summed E-state index contributed by atoms with van der Waals surface area (Å²) in [6.45, 7) is 4.19. The number of nitrogens with zero attached hydrogens (tertiary/aromatic N) is 4. The molecule has 0 aliphatic heterocycles. The summed E-state index contributed by atoms with van der Waals surface area (Å²) in [4.78, 5) is 6.35. The van der Waals surface area contributed by atoms with Gasteiger partial charge in [0.2, 0.25) is 5.89 Å². The molecule has 6 heteroatoms. The van der Waals surface area contributed by atoms with Crippen molar-refractivity contribution in [3.05, 3.63) is 36.0 Å². The first-order valence-corrected chi connectivity index (χ1v) is 7.05. The number of anilines is 1. The second-order valence-corrected chi connectivity index (χ2v) is 4.97. The van der Waals surface area contributed by atoms with Gasteiger partial charge in [-0.05, 0) is 31.9 Å². The van der Waals surface area contributed by atoms with Gasteiger partial charge in [0.25, 0.3) is 0 Å². The van der Waals surface area contributed by atoms with Gasteiger partial charge in [-0.2, -0.15) is 0 Å². The van der Waals surface area contributed by atoms with Crippen LogP contribution in [0.3, 0.4) is 0 Å². The standard InChI is InChI=1S/C14H19N5O/c1-2-19(10-12-5-3-4-8-15-12)14-18-17-13(20-14)9-16-11-6-7-11/h3-5,8,11,16H,2,6-7,9-10H2,1H3. The van der Waals surface area contributed by atoms with Crippen LogP contribution >= 0.6 is 0 Å². The Morgan fingerprint density at radius 3 is 2.95 bits per heavy atom. The van der Waals surface area contributed by atoms with Gasteiger partial charge in [0, 0.05) is 18.8 Å². The largest absolute Gasteiger partial charge is 0.407 e. The molecule has 0 amide bonds. The van der Waals surface area contributed by atoms with Crippen LogP contribution in [0.15, 0.2) is 28.8 Å². The Bertz CT molecular complexity index is 538. The van der Waals surface area contributed by atoms with Crippen molar-refractivity contribution in [1.29, 1.82) is 0 Å². The summed E-state index contributed by atoms with van der Waals surface area (Å²) >= 11 is 0. The number of nitrogens with one attached hydrogen (secondary N) is 1. The molecule has 1 N–H and O–H groups in total. The minimum absolute atomic E-state index is 0.561. The summed E-state index contributed by atoms with van der Waals surface area (Å²) in [6.07, 6.45) is 4.30. The topological polar surface area (TPSA) is 67.1 Å². The highest BCUT2D eigenvalue weighted by atomic mass is 16.4. The summed E-state index contributed by atoms with van der Waals surface area (Å²) in [5.74, 6) is 0.645. The number of hydrogen-bond donors (Lipinski definition) is 1. The lowest BCUT2D eigenvalue weighted by Crippen LogP contribution is -2.22. The van der Waals surface area contributed by atoms with Crippen molar-refractivity contribution in [1.82, 2.24) is 20.5 Å². The maximum Gasteiger partial charge on any atom is 0.318 e. The first-order chi connectivity index (χ1) is 9.85. The molecule has 1 fully saturated rings. The lowest BCUT2D eigenvalue weighted by molar-refractivity contribution is 0.459. The zero-order valence-corrected chi connectivity index (χ0v) is 11.6. The molecule has 2 heterocycles. The lowest BCUT2D eigenvalue weighted by atomic mass is 10.3. The van der Waals surface area contributed by atoms with Gasteiger partial charge in [0.15, 0.2) is 0 Å². The van der Waals surface area contributed by atoms with Crippen molar-refractivity contribution in [2.75, 3.05) is 11.4 Å². The van der Waals surface area contributed by atoms with E-state index in [1.165, 1.54) is 12.8 Å². The third-order valence-corrected chi connectivity index (χ3v) is 3.31. The van der Waals surface area contributed by atoms with Crippen molar-refractivity contribution in [2.24, 2.45) is 0 Å². The highest BCUT2D eigenvalue weighted by Crippen LogP contribution is 2.20. The van der Waals surface area contributed by atoms with Gasteiger partial charge < -0.3 is 14.6 Å².